The highest BCUT2D eigenvalue weighted by Gasteiger charge is 2.18. The van der Waals surface area contributed by atoms with Crippen LogP contribution in [0.4, 0.5) is 8.78 Å². The van der Waals surface area contributed by atoms with Crippen LogP contribution in [-0.4, -0.2) is 19.6 Å². The van der Waals surface area contributed by atoms with E-state index in [0.29, 0.717) is 5.75 Å². The van der Waals surface area contributed by atoms with Gasteiger partial charge in [0.15, 0.2) is 0 Å². The SMILES string of the molecule is COc1cccc(C)c1CC(N)C(F)F. The second kappa shape index (κ2) is 5.07. The highest BCUT2D eigenvalue weighted by atomic mass is 19.3. The number of nitrogens with two attached hydrogens (primary N) is 1. The Morgan fingerprint density at radius 3 is 2.60 bits per heavy atom. The second-order valence-electron chi connectivity index (χ2n) is 3.46. The van der Waals surface area contributed by atoms with Crippen LogP contribution in [0, 0.1) is 6.92 Å². The Morgan fingerprint density at radius 1 is 1.40 bits per heavy atom. The van der Waals surface area contributed by atoms with Crippen molar-refractivity contribution >= 4 is 0 Å². The fraction of sp³-hybridized carbons (Fsp3) is 0.455. The molecule has 0 heterocycles. The minimum absolute atomic E-state index is 0.132. The van der Waals surface area contributed by atoms with Crippen molar-refractivity contribution in [3.8, 4) is 5.75 Å². The second-order valence-corrected chi connectivity index (χ2v) is 3.46. The standard InChI is InChI=1S/C11H15F2NO/c1-7-4-3-5-10(15-2)8(7)6-9(14)11(12)13/h3-5,9,11H,6,14H2,1-2H3. The van der Waals surface area contributed by atoms with Crippen molar-refractivity contribution in [1.29, 1.82) is 0 Å². The Balaban J connectivity index is 2.92. The number of methoxy groups -OCH3 is 1. The molecule has 1 rings (SSSR count). The number of benzene rings is 1. The molecule has 15 heavy (non-hydrogen) atoms. The Morgan fingerprint density at radius 2 is 2.07 bits per heavy atom. The van der Waals surface area contributed by atoms with Gasteiger partial charge in [-0.1, -0.05) is 12.1 Å². The third kappa shape index (κ3) is 2.89. The summed E-state index contributed by atoms with van der Waals surface area (Å²) in [6.07, 6.45) is -2.37. The van der Waals surface area contributed by atoms with Gasteiger partial charge in [0.25, 0.3) is 6.43 Å². The number of hydrogen-bond donors (Lipinski definition) is 1. The zero-order valence-corrected chi connectivity index (χ0v) is 8.84. The molecule has 0 saturated heterocycles. The Bertz CT molecular complexity index is 328. The van der Waals surface area contributed by atoms with Gasteiger partial charge in [0.2, 0.25) is 0 Å². The van der Waals surface area contributed by atoms with Gasteiger partial charge >= 0.3 is 0 Å². The molecule has 0 amide bonds. The van der Waals surface area contributed by atoms with Crippen LogP contribution in [0.1, 0.15) is 11.1 Å². The fourth-order valence-electron chi connectivity index (χ4n) is 1.45. The molecule has 0 aliphatic carbocycles. The number of halogens is 2. The normalized spacial score (nSPS) is 12.9. The summed E-state index contributed by atoms with van der Waals surface area (Å²) < 4.78 is 29.7. The van der Waals surface area contributed by atoms with E-state index in [1.165, 1.54) is 7.11 Å². The van der Waals surface area contributed by atoms with E-state index in [0.717, 1.165) is 11.1 Å². The quantitative estimate of drug-likeness (QED) is 0.835. The van der Waals surface area contributed by atoms with E-state index >= 15 is 0 Å². The van der Waals surface area contributed by atoms with Crippen LogP contribution in [0.15, 0.2) is 18.2 Å². The van der Waals surface area contributed by atoms with Gasteiger partial charge in [0, 0.05) is 0 Å². The predicted octanol–water partition coefficient (Wildman–Crippen LogP) is 2.14. The molecular weight excluding hydrogens is 200 g/mol. The van der Waals surface area contributed by atoms with Crippen molar-refractivity contribution in [1.82, 2.24) is 0 Å². The van der Waals surface area contributed by atoms with E-state index in [9.17, 15) is 8.78 Å². The molecule has 2 nitrogen and oxygen atoms in total. The van der Waals surface area contributed by atoms with E-state index in [2.05, 4.69) is 0 Å². The minimum atomic E-state index is -2.51. The minimum Gasteiger partial charge on any atom is -0.496 e. The van der Waals surface area contributed by atoms with E-state index in [1.54, 1.807) is 6.07 Å². The molecule has 0 bridgehead atoms. The molecule has 0 spiro atoms. The summed E-state index contributed by atoms with van der Waals surface area (Å²) in [5.74, 6) is 0.617. The molecule has 84 valence electrons. The van der Waals surface area contributed by atoms with E-state index in [1.807, 2.05) is 19.1 Å². The Labute approximate surface area is 88.0 Å². The third-order valence-corrected chi connectivity index (χ3v) is 2.35. The topological polar surface area (TPSA) is 35.2 Å². The lowest BCUT2D eigenvalue weighted by Gasteiger charge is -2.15. The first-order chi connectivity index (χ1) is 7.06. The maximum Gasteiger partial charge on any atom is 0.253 e. The highest BCUT2D eigenvalue weighted by molar-refractivity contribution is 5.40. The third-order valence-electron chi connectivity index (χ3n) is 2.35. The Kier molecular flexibility index (Phi) is 4.03. The van der Waals surface area contributed by atoms with Gasteiger partial charge in [0.05, 0.1) is 13.2 Å². The molecule has 2 N–H and O–H groups in total. The number of hydrogen-bond acceptors (Lipinski definition) is 2. The summed E-state index contributed by atoms with van der Waals surface area (Å²) in [4.78, 5) is 0. The highest BCUT2D eigenvalue weighted by Crippen LogP contribution is 2.23. The number of rotatable bonds is 4. The molecule has 0 radical (unpaired) electrons. The van der Waals surface area contributed by atoms with Crippen LogP contribution in [0.5, 0.6) is 5.75 Å². The van der Waals surface area contributed by atoms with Crippen molar-refractivity contribution < 1.29 is 13.5 Å². The van der Waals surface area contributed by atoms with Crippen LogP contribution < -0.4 is 10.5 Å². The number of alkyl halides is 2. The van der Waals surface area contributed by atoms with E-state index in [-0.39, 0.29) is 6.42 Å². The van der Waals surface area contributed by atoms with Crippen LogP contribution in [0.2, 0.25) is 0 Å². The lowest BCUT2D eigenvalue weighted by Crippen LogP contribution is -2.31. The van der Waals surface area contributed by atoms with Crippen LogP contribution in [-0.2, 0) is 6.42 Å². The molecule has 1 aromatic rings. The summed E-state index contributed by atoms with van der Waals surface area (Å²) in [6.45, 7) is 1.86. The van der Waals surface area contributed by atoms with Gasteiger partial charge < -0.3 is 10.5 Å². The van der Waals surface area contributed by atoms with Crippen LogP contribution in [0.3, 0.4) is 0 Å². The molecular formula is C11H15F2NO. The molecule has 1 unspecified atom stereocenters. The van der Waals surface area contributed by atoms with Crippen molar-refractivity contribution in [2.75, 3.05) is 7.11 Å². The smallest absolute Gasteiger partial charge is 0.253 e. The number of aryl methyl sites for hydroxylation is 1. The molecule has 1 atom stereocenters. The Hall–Kier alpha value is -1.16. The summed E-state index contributed by atoms with van der Waals surface area (Å²) in [5.41, 5.74) is 7.01. The van der Waals surface area contributed by atoms with Gasteiger partial charge in [-0.05, 0) is 30.5 Å². The lowest BCUT2D eigenvalue weighted by molar-refractivity contribution is 0.115. The molecule has 1 aromatic carbocycles. The van der Waals surface area contributed by atoms with Crippen molar-refractivity contribution in [3.05, 3.63) is 29.3 Å². The summed E-state index contributed by atoms with van der Waals surface area (Å²) in [6, 6.07) is 4.29. The molecule has 0 aliphatic heterocycles. The predicted molar refractivity (Wildman–Crippen MR) is 55.4 cm³/mol. The van der Waals surface area contributed by atoms with Gasteiger partial charge in [-0.15, -0.1) is 0 Å². The maximum absolute atomic E-state index is 12.3. The number of ether oxygens (including phenoxy) is 1. The van der Waals surface area contributed by atoms with Crippen molar-refractivity contribution in [2.45, 2.75) is 25.8 Å². The van der Waals surface area contributed by atoms with E-state index in [4.69, 9.17) is 10.5 Å². The zero-order chi connectivity index (χ0) is 11.4. The van der Waals surface area contributed by atoms with Gasteiger partial charge in [-0.3, -0.25) is 0 Å². The molecule has 0 fully saturated rings. The molecule has 0 aliphatic rings. The van der Waals surface area contributed by atoms with Crippen LogP contribution >= 0.6 is 0 Å². The monoisotopic (exact) mass is 215 g/mol. The fourth-order valence-corrected chi connectivity index (χ4v) is 1.45. The summed E-state index contributed by atoms with van der Waals surface area (Å²) >= 11 is 0. The van der Waals surface area contributed by atoms with Crippen LogP contribution in [0.25, 0.3) is 0 Å². The van der Waals surface area contributed by atoms with Gasteiger partial charge in [-0.2, -0.15) is 0 Å². The van der Waals surface area contributed by atoms with Gasteiger partial charge in [0.1, 0.15) is 5.75 Å². The summed E-state index contributed by atoms with van der Waals surface area (Å²) in [7, 11) is 1.52. The molecule has 0 saturated carbocycles. The van der Waals surface area contributed by atoms with Gasteiger partial charge in [-0.25, -0.2) is 8.78 Å². The molecule has 0 aromatic heterocycles. The lowest BCUT2D eigenvalue weighted by atomic mass is 10.0. The molecule has 4 heteroatoms. The zero-order valence-electron chi connectivity index (χ0n) is 8.84. The van der Waals surface area contributed by atoms with E-state index < -0.39 is 12.5 Å². The average molecular weight is 215 g/mol. The first-order valence-electron chi connectivity index (χ1n) is 4.72. The van der Waals surface area contributed by atoms with Crippen molar-refractivity contribution in [3.63, 3.8) is 0 Å². The maximum atomic E-state index is 12.3. The first-order valence-corrected chi connectivity index (χ1v) is 4.72. The summed E-state index contributed by atoms with van der Waals surface area (Å²) in [5, 5.41) is 0. The first kappa shape index (κ1) is 11.9. The largest absolute Gasteiger partial charge is 0.496 e. The average Bonchev–Trinajstić information content (AvgIpc) is 2.20. The van der Waals surface area contributed by atoms with Crippen molar-refractivity contribution in [2.24, 2.45) is 5.73 Å².